The molecule has 0 bridgehead atoms. The van der Waals surface area contributed by atoms with Crippen LogP contribution in [0.5, 0.6) is 0 Å². The molecule has 1 nitrogen and oxygen atoms in total. The third-order valence-corrected chi connectivity index (χ3v) is 4.83. The highest BCUT2D eigenvalue weighted by atomic mass is 79.9. The molecule has 0 amide bonds. The van der Waals surface area contributed by atoms with Gasteiger partial charge in [-0.3, -0.25) is 4.98 Å². The summed E-state index contributed by atoms with van der Waals surface area (Å²) in [6, 6.07) is 10.7. The Labute approximate surface area is 125 Å². The van der Waals surface area contributed by atoms with Crippen molar-refractivity contribution in [1.29, 1.82) is 0 Å². The van der Waals surface area contributed by atoms with Crippen molar-refractivity contribution in [2.24, 2.45) is 0 Å². The molecule has 0 aliphatic heterocycles. The van der Waals surface area contributed by atoms with Crippen molar-refractivity contribution < 1.29 is 0 Å². The molecular formula is C15H15Br2N. The molecule has 0 radical (unpaired) electrons. The average Bonchev–Trinajstić information content (AvgIpc) is 2.37. The summed E-state index contributed by atoms with van der Waals surface area (Å²) in [5, 5.41) is 0. The number of hydrogen-bond donors (Lipinski definition) is 0. The van der Waals surface area contributed by atoms with Crippen LogP contribution in [0.2, 0.25) is 0 Å². The van der Waals surface area contributed by atoms with Crippen LogP contribution >= 0.6 is 31.9 Å². The van der Waals surface area contributed by atoms with Crippen LogP contribution in [0.15, 0.2) is 47.2 Å². The van der Waals surface area contributed by atoms with Crippen molar-refractivity contribution >= 4 is 31.9 Å². The van der Waals surface area contributed by atoms with Crippen molar-refractivity contribution in [2.45, 2.75) is 24.6 Å². The molecule has 0 spiro atoms. The fourth-order valence-corrected chi connectivity index (χ4v) is 3.24. The first kappa shape index (κ1) is 13.8. The first-order valence-corrected chi connectivity index (χ1v) is 7.60. The van der Waals surface area contributed by atoms with E-state index in [2.05, 4.69) is 81.0 Å². The molecule has 1 heterocycles. The Kier molecular flexibility index (Phi) is 4.57. The number of aromatic nitrogens is 1. The minimum absolute atomic E-state index is 0.302. The van der Waals surface area contributed by atoms with E-state index in [4.69, 9.17) is 0 Å². The number of pyridine rings is 1. The van der Waals surface area contributed by atoms with Gasteiger partial charge in [0.15, 0.2) is 0 Å². The molecule has 1 aromatic heterocycles. The molecular weight excluding hydrogens is 354 g/mol. The normalized spacial score (nSPS) is 14.2. The molecule has 2 rings (SSSR count). The lowest BCUT2D eigenvalue weighted by Gasteiger charge is -2.19. The van der Waals surface area contributed by atoms with Crippen LogP contribution in [0, 0.1) is 6.92 Å². The number of rotatable bonds is 3. The van der Waals surface area contributed by atoms with E-state index >= 15 is 0 Å². The van der Waals surface area contributed by atoms with Gasteiger partial charge in [0.05, 0.1) is 0 Å². The zero-order valence-electron chi connectivity index (χ0n) is 10.4. The van der Waals surface area contributed by atoms with Gasteiger partial charge in [0.2, 0.25) is 0 Å². The van der Waals surface area contributed by atoms with E-state index in [1.807, 2.05) is 12.4 Å². The summed E-state index contributed by atoms with van der Waals surface area (Å²) >= 11 is 7.37. The summed E-state index contributed by atoms with van der Waals surface area (Å²) in [5.41, 5.74) is 3.86. The smallest absolute Gasteiger partial charge is 0.0461 e. The SMILES string of the molecule is Cc1cc(Br)cc(C(Br)C(C)c2ccncc2)c1. The number of benzene rings is 1. The van der Waals surface area contributed by atoms with Gasteiger partial charge in [-0.1, -0.05) is 44.8 Å². The highest BCUT2D eigenvalue weighted by Gasteiger charge is 2.18. The van der Waals surface area contributed by atoms with Gasteiger partial charge in [-0.15, -0.1) is 0 Å². The zero-order valence-corrected chi connectivity index (χ0v) is 13.6. The van der Waals surface area contributed by atoms with E-state index in [0.717, 1.165) is 4.47 Å². The summed E-state index contributed by atoms with van der Waals surface area (Å²) in [6.07, 6.45) is 3.69. The molecule has 2 atom stereocenters. The van der Waals surface area contributed by atoms with Gasteiger partial charge in [0.25, 0.3) is 0 Å². The monoisotopic (exact) mass is 367 g/mol. The van der Waals surface area contributed by atoms with E-state index in [0.29, 0.717) is 10.7 Å². The minimum atomic E-state index is 0.302. The first-order valence-electron chi connectivity index (χ1n) is 5.89. The van der Waals surface area contributed by atoms with Crippen LogP contribution < -0.4 is 0 Å². The summed E-state index contributed by atoms with van der Waals surface area (Å²) in [6.45, 7) is 4.34. The van der Waals surface area contributed by atoms with Gasteiger partial charge >= 0.3 is 0 Å². The molecule has 1 aromatic carbocycles. The Morgan fingerprint density at radius 1 is 1.06 bits per heavy atom. The highest BCUT2D eigenvalue weighted by Crippen LogP contribution is 2.38. The minimum Gasteiger partial charge on any atom is -0.265 e. The Morgan fingerprint density at radius 2 is 1.72 bits per heavy atom. The Balaban J connectivity index is 2.28. The van der Waals surface area contributed by atoms with Crippen molar-refractivity contribution in [3.05, 3.63) is 63.9 Å². The third kappa shape index (κ3) is 3.21. The van der Waals surface area contributed by atoms with Crippen molar-refractivity contribution in [1.82, 2.24) is 4.98 Å². The standard InChI is InChI=1S/C15H15Br2N/c1-10-7-13(9-14(16)8-10)15(17)11(2)12-3-5-18-6-4-12/h3-9,11,15H,1-2H3. The van der Waals surface area contributed by atoms with Crippen molar-refractivity contribution in [2.75, 3.05) is 0 Å². The van der Waals surface area contributed by atoms with E-state index in [1.165, 1.54) is 16.7 Å². The maximum atomic E-state index is 4.07. The number of alkyl halides is 1. The van der Waals surface area contributed by atoms with Gasteiger partial charge in [-0.25, -0.2) is 0 Å². The lowest BCUT2D eigenvalue weighted by molar-refractivity contribution is 0.749. The number of hydrogen-bond acceptors (Lipinski definition) is 1. The molecule has 0 N–H and O–H groups in total. The molecule has 0 aliphatic carbocycles. The molecule has 0 saturated heterocycles. The second-order valence-electron chi connectivity index (χ2n) is 4.53. The summed E-state index contributed by atoms with van der Waals surface area (Å²) in [4.78, 5) is 4.37. The Morgan fingerprint density at radius 3 is 2.33 bits per heavy atom. The van der Waals surface area contributed by atoms with Gasteiger partial charge in [0.1, 0.15) is 0 Å². The summed E-state index contributed by atoms with van der Waals surface area (Å²) in [5.74, 6) is 0.404. The molecule has 94 valence electrons. The van der Waals surface area contributed by atoms with Gasteiger partial charge < -0.3 is 0 Å². The predicted octanol–water partition coefficient (Wildman–Crippen LogP) is 5.39. The lowest BCUT2D eigenvalue weighted by Crippen LogP contribution is -2.02. The predicted molar refractivity (Wildman–Crippen MR) is 83.2 cm³/mol. The Hall–Kier alpha value is -0.670. The van der Waals surface area contributed by atoms with E-state index in [9.17, 15) is 0 Å². The lowest BCUT2D eigenvalue weighted by atomic mass is 9.94. The number of nitrogens with zero attached hydrogens (tertiary/aromatic N) is 1. The van der Waals surface area contributed by atoms with Crippen LogP contribution in [0.4, 0.5) is 0 Å². The summed E-state index contributed by atoms with van der Waals surface area (Å²) < 4.78 is 1.13. The van der Waals surface area contributed by atoms with Crippen LogP contribution in [-0.2, 0) is 0 Å². The molecule has 2 aromatic rings. The van der Waals surface area contributed by atoms with Crippen LogP contribution in [0.25, 0.3) is 0 Å². The fraction of sp³-hybridized carbons (Fsp3) is 0.267. The fourth-order valence-electron chi connectivity index (χ4n) is 2.05. The average molecular weight is 369 g/mol. The quantitative estimate of drug-likeness (QED) is 0.661. The number of halogens is 2. The maximum absolute atomic E-state index is 4.07. The maximum Gasteiger partial charge on any atom is 0.0461 e. The van der Waals surface area contributed by atoms with Gasteiger partial charge in [0, 0.05) is 21.7 Å². The summed E-state index contributed by atoms with van der Waals surface area (Å²) in [7, 11) is 0. The zero-order chi connectivity index (χ0) is 13.1. The van der Waals surface area contributed by atoms with Crippen LogP contribution in [-0.4, -0.2) is 4.98 Å². The second-order valence-corrected chi connectivity index (χ2v) is 6.44. The highest BCUT2D eigenvalue weighted by molar-refractivity contribution is 9.10. The van der Waals surface area contributed by atoms with E-state index in [1.54, 1.807) is 0 Å². The number of aryl methyl sites for hydroxylation is 1. The van der Waals surface area contributed by atoms with E-state index < -0.39 is 0 Å². The largest absolute Gasteiger partial charge is 0.265 e. The van der Waals surface area contributed by atoms with Crippen LogP contribution in [0.1, 0.15) is 34.4 Å². The third-order valence-electron chi connectivity index (χ3n) is 3.05. The van der Waals surface area contributed by atoms with Crippen molar-refractivity contribution in [3.8, 4) is 0 Å². The molecule has 18 heavy (non-hydrogen) atoms. The van der Waals surface area contributed by atoms with Crippen molar-refractivity contribution in [3.63, 3.8) is 0 Å². The first-order chi connectivity index (χ1) is 8.58. The Bertz CT molecular complexity index is 505. The molecule has 0 aliphatic rings. The van der Waals surface area contributed by atoms with Gasteiger partial charge in [-0.2, -0.15) is 0 Å². The van der Waals surface area contributed by atoms with Gasteiger partial charge in [-0.05, 0) is 53.8 Å². The van der Waals surface area contributed by atoms with E-state index in [-0.39, 0.29) is 0 Å². The molecule has 0 fully saturated rings. The second kappa shape index (κ2) is 5.98. The molecule has 3 heteroatoms. The topological polar surface area (TPSA) is 12.9 Å². The van der Waals surface area contributed by atoms with Crippen LogP contribution in [0.3, 0.4) is 0 Å². The molecule has 2 unspecified atom stereocenters. The molecule has 0 saturated carbocycles.